The maximum atomic E-state index is 12.8. The third kappa shape index (κ3) is 1.80. The van der Waals surface area contributed by atoms with Gasteiger partial charge in [0.2, 0.25) is 0 Å². The van der Waals surface area contributed by atoms with E-state index in [2.05, 4.69) is 53.1 Å². The Labute approximate surface area is 140 Å². The maximum Gasteiger partial charge on any atom is 0.165 e. The van der Waals surface area contributed by atoms with E-state index in [1.54, 1.807) is 0 Å². The number of carbonyl (C=O) groups excluding carboxylic acids is 1. The first-order valence-electron chi connectivity index (χ1n) is 8.48. The number of rotatable bonds is 1. The lowest BCUT2D eigenvalue weighted by molar-refractivity contribution is 0.0973. The molecule has 0 amide bonds. The molecule has 2 heterocycles. The lowest BCUT2D eigenvalue weighted by atomic mass is 9.90. The molecule has 4 aromatic rings. The van der Waals surface area contributed by atoms with Crippen molar-refractivity contribution >= 4 is 22.1 Å². The molecule has 0 spiro atoms. The first-order valence-corrected chi connectivity index (χ1v) is 8.48. The molecule has 0 aliphatic heterocycles. The Morgan fingerprint density at radius 3 is 2.46 bits per heavy atom. The highest BCUT2D eigenvalue weighted by Crippen LogP contribution is 2.40. The predicted molar refractivity (Wildman–Crippen MR) is 97.6 cm³/mol. The Bertz CT molecular complexity index is 1090. The number of hydrogen-bond acceptors (Lipinski definition) is 1. The molecule has 24 heavy (non-hydrogen) atoms. The van der Waals surface area contributed by atoms with E-state index >= 15 is 0 Å². The number of aryl methyl sites for hydroxylation is 1. The third-order valence-electron chi connectivity index (χ3n) is 5.08. The van der Waals surface area contributed by atoms with Crippen molar-refractivity contribution in [1.29, 1.82) is 0 Å². The number of pyridine rings is 1. The number of carbonyl (C=O) groups is 1. The number of ketones is 1. The first kappa shape index (κ1) is 13.6. The Morgan fingerprint density at radius 2 is 1.58 bits per heavy atom. The smallest absolute Gasteiger partial charge is 0.165 e. The van der Waals surface area contributed by atoms with Crippen molar-refractivity contribution in [3.8, 4) is 11.1 Å². The average molecular weight is 311 g/mol. The van der Waals surface area contributed by atoms with Crippen LogP contribution in [0.15, 0.2) is 66.9 Å². The van der Waals surface area contributed by atoms with Crippen LogP contribution in [0.3, 0.4) is 0 Å². The SMILES string of the molecule is O=C1CCCc2c1c(-c1ccccc1)c1c3ccccc3ccn21. The van der Waals surface area contributed by atoms with Gasteiger partial charge in [-0.3, -0.25) is 4.79 Å². The number of Topliss-reactive ketones (excluding diaryl/α,β-unsaturated/α-hetero) is 1. The van der Waals surface area contributed by atoms with Crippen LogP contribution in [-0.2, 0) is 6.42 Å². The van der Waals surface area contributed by atoms with Crippen LogP contribution in [0.2, 0.25) is 0 Å². The third-order valence-corrected chi connectivity index (χ3v) is 5.08. The number of hydrogen-bond donors (Lipinski definition) is 0. The molecule has 0 fully saturated rings. The Balaban J connectivity index is 2.03. The standard InChI is InChI=1S/C22H17NO/c24-19-12-6-11-18-21(19)20(16-8-2-1-3-9-16)22-17-10-5-4-7-15(17)13-14-23(18)22/h1-5,7-10,13-14H,6,11-12H2. The van der Waals surface area contributed by atoms with Crippen molar-refractivity contribution in [2.75, 3.05) is 0 Å². The van der Waals surface area contributed by atoms with E-state index in [1.807, 2.05) is 18.2 Å². The highest BCUT2D eigenvalue weighted by atomic mass is 16.1. The summed E-state index contributed by atoms with van der Waals surface area (Å²) in [5, 5.41) is 2.42. The fraction of sp³-hybridized carbons (Fsp3) is 0.136. The largest absolute Gasteiger partial charge is 0.319 e. The van der Waals surface area contributed by atoms with Crippen LogP contribution >= 0.6 is 0 Å². The highest BCUT2D eigenvalue weighted by Gasteiger charge is 2.28. The minimum atomic E-state index is 0.280. The number of aromatic nitrogens is 1. The lowest BCUT2D eigenvalue weighted by Gasteiger charge is -2.12. The average Bonchev–Trinajstić information content (AvgIpc) is 2.99. The molecule has 2 nitrogen and oxygen atoms in total. The van der Waals surface area contributed by atoms with E-state index in [0.29, 0.717) is 6.42 Å². The first-order chi connectivity index (χ1) is 11.8. The normalized spacial score (nSPS) is 14.2. The molecule has 1 aliphatic carbocycles. The molecular formula is C22H17NO. The summed E-state index contributed by atoms with van der Waals surface area (Å²) < 4.78 is 2.25. The van der Waals surface area contributed by atoms with Crippen LogP contribution in [0.4, 0.5) is 0 Å². The van der Waals surface area contributed by atoms with Crippen molar-refractivity contribution in [3.63, 3.8) is 0 Å². The van der Waals surface area contributed by atoms with Gasteiger partial charge in [-0.1, -0.05) is 54.6 Å². The Hall–Kier alpha value is -2.87. The summed E-state index contributed by atoms with van der Waals surface area (Å²) in [6.07, 6.45) is 4.69. The molecule has 116 valence electrons. The summed E-state index contributed by atoms with van der Waals surface area (Å²) in [7, 11) is 0. The van der Waals surface area contributed by atoms with Gasteiger partial charge in [-0.2, -0.15) is 0 Å². The van der Waals surface area contributed by atoms with Crippen molar-refractivity contribution in [2.24, 2.45) is 0 Å². The van der Waals surface area contributed by atoms with E-state index in [0.717, 1.165) is 29.5 Å². The van der Waals surface area contributed by atoms with E-state index in [4.69, 9.17) is 0 Å². The Kier molecular flexibility index (Phi) is 2.86. The lowest BCUT2D eigenvalue weighted by Crippen LogP contribution is -2.11. The van der Waals surface area contributed by atoms with E-state index in [-0.39, 0.29) is 5.78 Å². The van der Waals surface area contributed by atoms with E-state index < -0.39 is 0 Å². The van der Waals surface area contributed by atoms with Gasteiger partial charge in [0.1, 0.15) is 0 Å². The zero-order chi connectivity index (χ0) is 16.1. The Morgan fingerprint density at radius 1 is 0.792 bits per heavy atom. The van der Waals surface area contributed by atoms with Crippen LogP contribution in [0, 0.1) is 0 Å². The fourth-order valence-electron chi connectivity index (χ4n) is 4.05. The number of benzene rings is 2. The van der Waals surface area contributed by atoms with Gasteiger partial charge in [0.15, 0.2) is 5.78 Å². The zero-order valence-electron chi connectivity index (χ0n) is 13.3. The topological polar surface area (TPSA) is 21.5 Å². The predicted octanol–water partition coefficient (Wildman–Crippen LogP) is 5.28. The van der Waals surface area contributed by atoms with Gasteiger partial charge in [-0.25, -0.2) is 0 Å². The fourth-order valence-corrected chi connectivity index (χ4v) is 4.05. The number of nitrogens with zero attached hydrogens (tertiary/aromatic N) is 1. The molecule has 2 heteroatoms. The zero-order valence-corrected chi connectivity index (χ0v) is 13.3. The maximum absolute atomic E-state index is 12.8. The molecule has 0 N–H and O–H groups in total. The van der Waals surface area contributed by atoms with Gasteiger partial charge in [0.05, 0.1) is 5.52 Å². The summed E-state index contributed by atoms with van der Waals surface area (Å²) in [6.45, 7) is 0. The molecule has 0 atom stereocenters. The van der Waals surface area contributed by atoms with Gasteiger partial charge in [0, 0.05) is 34.8 Å². The molecule has 0 saturated carbocycles. The van der Waals surface area contributed by atoms with Crippen molar-refractivity contribution in [1.82, 2.24) is 4.40 Å². The summed E-state index contributed by atoms with van der Waals surface area (Å²) >= 11 is 0. The van der Waals surface area contributed by atoms with Crippen molar-refractivity contribution < 1.29 is 4.79 Å². The molecule has 2 aromatic carbocycles. The van der Waals surface area contributed by atoms with Crippen molar-refractivity contribution in [3.05, 3.63) is 78.1 Å². The quantitative estimate of drug-likeness (QED) is 0.469. The van der Waals surface area contributed by atoms with Crippen molar-refractivity contribution in [2.45, 2.75) is 19.3 Å². The molecule has 0 unspecified atom stereocenters. The summed E-state index contributed by atoms with van der Waals surface area (Å²) in [6, 6.07) is 20.9. The molecule has 1 aliphatic rings. The second kappa shape index (κ2) is 5.07. The van der Waals surface area contributed by atoms with Crippen LogP contribution in [0.5, 0.6) is 0 Å². The van der Waals surface area contributed by atoms with Crippen LogP contribution in [0.25, 0.3) is 27.4 Å². The summed E-state index contributed by atoms with van der Waals surface area (Å²) in [4.78, 5) is 12.8. The molecule has 0 radical (unpaired) electrons. The van der Waals surface area contributed by atoms with Crippen LogP contribution in [0.1, 0.15) is 28.9 Å². The minimum Gasteiger partial charge on any atom is -0.319 e. The van der Waals surface area contributed by atoms with Gasteiger partial charge < -0.3 is 4.40 Å². The second-order valence-corrected chi connectivity index (χ2v) is 6.46. The van der Waals surface area contributed by atoms with Crippen LogP contribution < -0.4 is 0 Å². The van der Waals surface area contributed by atoms with Gasteiger partial charge in [0.25, 0.3) is 0 Å². The van der Waals surface area contributed by atoms with E-state index in [9.17, 15) is 4.79 Å². The molecule has 2 aromatic heterocycles. The van der Waals surface area contributed by atoms with Gasteiger partial charge in [-0.15, -0.1) is 0 Å². The monoisotopic (exact) mass is 311 g/mol. The summed E-state index contributed by atoms with van der Waals surface area (Å²) in [5.74, 6) is 0.280. The molecule has 0 bridgehead atoms. The van der Waals surface area contributed by atoms with Gasteiger partial charge >= 0.3 is 0 Å². The number of fused-ring (bicyclic) bond motifs is 5. The second-order valence-electron chi connectivity index (χ2n) is 6.46. The van der Waals surface area contributed by atoms with E-state index in [1.165, 1.54) is 22.0 Å². The molecular weight excluding hydrogens is 294 g/mol. The highest BCUT2D eigenvalue weighted by molar-refractivity contribution is 6.14. The van der Waals surface area contributed by atoms with Crippen LogP contribution in [-0.4, -0.2) is 10.2 Å². The van der Waals surface area contributed by atoms with Gasteiger partial charge in [-0.05, 0) is 29.9 Å². The summed E-state index contributed by atoms with van der Waals surface area (Å²) in [5.41, 5.74) is 5.50. The minimum absolute atomic E-state index is 0.280. The molecule has 5 rings (SSSR count). The molecule has 0 saturated heterocycles.